The van der Waals surface area contributed by atoms with Gasteiger partial charge in [-0.2, -0.15) is 0 Å². The van der Waals surface area contributed by atoms with Crippen LogP contribution in [-0.4, -0.2) is 6.29 Å². The van der Waals surface area contributed by atoms with E-state index < -0.39 is 0 Å². The topological polar surface area (TPSA) is 17.1 Å². The van der Waals surface area contributed by atoms with Crippen molar-refractivity contribution in [1.29, 1.82) is 0 Å². The van der Waals surface area contributed by atoms with E-state index in [0.29, 0.717) is 0 Å². The van der Waals surface area contributed by atoms with Crippen LogP contribution in [0.5, 0.6) is 0 Å². The van der Waals surface area contributed by atoms with E-state index >= 15 is 0 Å². The molecule has 0 radical (unpaired) electrons. The Balaban J connectivity index is 2.79. The van der Waals surface area contributed by atoms with Crippen molar-refractivity contribution in [3.63, 3.8) is 0 Å². The molecule has 1 aliphatic carbocycles. The lowest BCUT2D eigenvalue weighted by atomic mass is 9.90. The molecule has 0 amide bonds. The van der Waals surface area contributed by atoms with Crippen molar-refractivity contribution in [3.8, 4) is 0 Å². The van der Waals surface area contributed by atoms with Gasteiger partial charge < -0.3 is 0 Å². The van der Waals surface area contributed by atoms with Gasteiger partial charge in [-0.3, -0.25) is 4.79 Å². The van der Waals surface area contributed by atoms with E-state index in [4.69, 9.17) is 0 Å². The van der Waals surface area contributed by atoms with Crippen LogP contribution in [0, 0.1) is 20.8 Å². The van der Waals surface area contributed by atoms with Crippen LogP contribution in [0.3, 0.4) is 0 Å². The summed E-state index contributed by atoms with van der Waals surface area (Å²) in [5.74, 6) is 0. The second kappa shape index (κ2) is 3.23. The van der Waals surface area contributed by atoms with E-state index in [9.17, 15) is 4.79 Å². The Morgan fingerprint density at radius 3 is 2.07 bits per heavy atom. The number of hydrogen-bond acceptors (Lipinski definition) is 1. The first-order chi connectivity index (χ1) is 6.66. The highest BCUT2D eigenvalue weighted by Gasteiger charge is 2.20. The molecule has 1 aliphatic rings. The average molecular weight is 188 g/mol. The van der Waals surface area contributed by atoms with Crippen molar-refractivity contribution in [2.24, 2.45) is 0 Å². The van der Waals surface area contributed by atoms with Gasteiger partial charge in [0, 0.05) is 5.56 Å². The number of fused-ring (bicyclic) bond motifs is 1. The van der Waals surface area contributed by atoms with Gasteiger partial charge in [0.1, 0.15) is 0 Å². The number of benzene rings is 1. The van der Waals surface area contributed by atoms with Gasteiger partial charge in [0.25, 0.3) is 0 Å². The van der Waals surface area contributed by atoms with E-state index in [1.54, 1.807) is 0 Å². The quantitative estimate of drug-likeness (QED) is 0.619. The molecular weight excluding hydrogens is 172 g/mol. The Morgan fingerprint density at radius 2 is 1.50 bits per heavy atom. The number of carbonyl (C=O) groups excluding carboxylic acids is 1. The minimum atomic E-state index is 0.920. The van der Waals surface area contributed by atoms with Gasteiger partial charge in [-0.1, -0.05) is 0 Å². The molecule has 0 aliphatic heterocycles. The monoisotopic (exact) mass is 188 g/mol. The smallest absolute Gasteiger partial charge is 0.150 e. The second-order valence-corrected chi connectivity index (χ2v) is 4.22. The van der Waals surface area contributed by atoms with Gasteiger partial charge in [0.05, 0.1) is 0 Å². The lowest BCUT2D eigenvalue weighted by molar-refractivity contribution is 0.112. The molecule has 1 heteroatoms. The summed E-state index contributed by atoms with van der Waals surface area (Å²) in [6, 6.07) is 0. The van der Waals surface area contributed by atoms with E-state index in [1.807, 2.05) is 0 Å². The molecule has 1 aromatic carbocycles. The summed E-state index contributed by atoms with van der Waals surface area (Å²) in [5, 5.41) is 0. The fourth-order valence-corrected chi connectivity index (χ4v) is 2.62. The first-order valence-corrected chi connectivity index (χ1v) is 5.23. The highest BCUT2D eigenvalue weighted by Crippen LogP contribution is 2.32. The summed E-state index contributed by atoms with van der Waals surface area (Å²) in [7, 11) is 0. The van der Waals surface area contributed by atoms with E-state index in [0.717, 1.165) is 18.3 Å². The molecule has 1 aromatic rings. The van der Waals surface area contributed by atoms with Crippen LogP contribution in [0.25, 0.3) is 0 Å². The number of rotatable bonds is 1. The molecule has 0 atom stereocenters. The maximum absolute atomic E-state index is 11.0. The molecule has 0 saturated heterocycles. The Bertz CT molecular complexity index is 402. The molecule has 0 fully saturated rings. The summed E-state index contributed by atoms with van der Waals surface area (Å²) in [6.07, 6.45) is 4.61. The lowest BCUT2D eigenvalue weighted by Gasteiger charge is -2.14. The van der Waals surface area contributed by atoms with Crippen molar-refractivity contribution >= 4 is 6.29 Å². The first-order valence-electron chi connectivity index (χ1n) is 5.23. The Kier molecular flexibility index (Phi) is 2.18. The summed E-state index contributed by atoms with van der Waals surface area (Å²) in [5.41, 5.74) is 7.60. The lowest BCUT2D eigenvalue weighted by Crippen LogP contribution is -2.02. The average Bonchev–Trinajstić information content (AvgIpc) is 2.64. The summed E-state index contributed by atoms with van der Waals surface area (Å²) >= 11 is 0. The molecule has 0 saturated carbocycles. The maximum atomic E-state index is 11.0. The van der Waals surface area contributed by atoms with Crippen LogP contribution < -0.4 is 0 Å². The fourth-order valence-electron chi connectivity index (χ4n) is 2.62. The number of carbonyl (C=O) groups is 1. The van der Waals surface area contributed by atoms with Gasteiger partial charge >= 0.3 is 0 Å². The highest BCUT2D eigenvalue weighted by atomic mass is 16.1. The van der Waals surface area contributed by atoms with Crippen LogP contribution in [0.4, 0.5) is 0 Å². The molecule has 0 N–H and O–H groups in total. The molecule has 0 spiro atoms. The van der Waals surface area contributed by atoms with Crippen LogP contribution >= 0.6 is 0 Å². The van der Waals surface area contributed by atoms with Gasteiger partial charge in [0.15, 0.2) is 6.29 Å². The van der Waals surface area contributed by atoms with Crippen molar-refractivity contribution in [3.05, 3.63) is 33.4 Å². The Hall–Kier alpha value is -1.11. The third-order valence-electron chi connectivity index (χ3n) is 3.61. The van der Waals surface area contributed by atoms with Gasteiger partial charge in [0.2, 0.25) is 0 Å². The predicted octanol–water partition coefficient (Wildman–Crippen LogP) is 2.91. The Labute approximate surface area is 85.1 Å². The fraction of sp³-hybridized carbons (Fsp3) is 0.462. The van der Waals surface area contributed by atoms with Crippen LogP contribution in [-0.2, 0) is 12.8 Å². The van der Waals surface area contributed by atoms with Crippen molar-refractivity contribution < 1.29 is 4.79 Å². The zero-order valence-electron chi connectivity index (χ0n) is 9.11. The molecule has 1 nitrogen and oxygen atoms in total. The summed E-state index contributed by atoms with van der Waals surface area (Å²) < 4.78 is 0. The van der Waals surface area contributed by atoms with Gasteiger partial charge in [-0.15, -0.1) is 0 Å². The van der Waals surface area contributed by atoms with Crippen molar-refractivity contribution in [2.75, 3.05) is 0 Å². The molecule has 0 heterocycles. The molecule has 0 aromatic heterocycles. The highest BCUT2D eigenvalue weighted by molar-refractivity contribution is 5.81. The largest absolute Gasteiger partial charge is 0.298 e. The summed E-state index contributed by atoms with van der Waals surface area (Å²) in [4.78, 5) is 11.0. The van der Waals surface area contributed by atoms with Gasteiger partial charge in [-0.05, 0) is 67.9 Å². The molecule has 14 heavy (non-hydrogen) atoms. The molecule has 0 bridgehead atoms. The minimum Gasteiger partial charge on any atom is -0.298 e. The van der Waals surface area contributed by atoms with Crippen molar-refractivity contribution in [1.82, 2.24) is 0 Å². The number of aldehydes is 1. The third-order valence-corrected chi connectivity index (χ3v) is 3.61. The minimum absolute atomic E-state index is 0.920. The zero-order valence-corrected chi connectivity index (χ0v) is 9.11. The SMILES string of the molecule is Cc1c(C)c2c(c(C)c1C=O)CCC2. The van der Waals surface area contributed by atoms with E-state index in [-0.39, 0.29) is 0 Å². The standard InChI is InChI=1S/C13H16O/c1-8-9(2)13(7-14)10(3)12-6-4-5-11(8)12/h7H,4-6H2,1-3H3. The normalized spacial score (nSPS) is 14.2. The van der Waals surface area contributed by atoms with Crippen molar-refractivity contribution in [2.45, 2.75) is 40.0 Å². The number of hydrogen-bond donors (Lipinski definition) is 0. The Morgan fingerprint density at radius 1 is 0.929 bits per heavy atom. The van der Waals surface area contributed by atoms with Gasteiger partial charge in [-0.25, -0.2) is 0 Å². The summed E-state index contributed by atoms with van der Waals surface area (Å²) in [6.45, 7) is 6.29. The third kappa shape index (κ3) is 1.12. The van der Waals surface area contributed by atoms with E-state index in [1.165, 1.54) is 40.7 Å². The maximum Gasteiger partial charge on any atom is 0.150 e. The molecule has 0 unspecified atom stereocenters. The molecular formula is C13H16O. The molecule has 2 rings (SSSR count). The molecule has 74 valence electrons. The predicted molar refractivity (Wildman–Crippen MR) is 58.1 cm³/mol. The second-order valence-electron chi connectivity index (χ2n) is 4.22. The van der Waals surface area contributed by atoms with Crippen LogP contribution in [0.2, 0.25) is 0 Å². The van der Waals surface area contributed by atoms with E-state index in [2.05, 4.69) is 20.8 Å². The zero-order chi connectivity index (χ0) is 10.3. The first kappa shape index (κ1) is 9.45. The van der Waals surface area contributed by atoms with Crippen LogP contribution in [0.1, 0.15) is 44.6 Å². The van der Waals surface area contributed by atoms with Crippen LogP contribution in [0.15, 0.2) is 0 Å².